The van der Waals surface area contributed by atoms with E-state index in [1.165, 1.54) is 12.0 Å². The third-order valence-corrected chi connectivity index (χ3v) is 5.49. The highest BCUT2D eigenvalue weighted by molar-refractivity contribution is 5.79. The second kappa shape index (κ2) is 9.35. The zero-order valence-electron chi connectivity index (χ0n) is 15.5. The molecule has 25 heavy (non-hydrogen) atoms. The van der Waals surface area contributed by atoms with Gasteiger partial charge >= 0.3 is 0 Å². The highest BCUT2D eigenvalue weighted by atomic mass is 16.5. The average molecular weight is 344 g/mol. The lowest BCUT2D eigenvalue weighted by Gasteiger charge is -2.41. The smallest absolute Gasteiger partial charge is 0.226 e. The van der Waals surface area contributed by atoms with Crippen LogP contribution in [0.2, 0.25) is 0 Å². The number of nitrogens with zero attached hydrogens (tertiary/aromatic N) is 2. The van der Waals surface area contributed by atoms with Gasteiger partial charge in [0.1, 0.15) is 0 Å². The number of likely N-dealkylation sites (tertiary alicyclic amines) is 1. The Labute approximate surface area is 152 Å². The van der Waals surface area contributed by atoms with Gasteiger partial charge in [-0.15, -0.1) is 0 Å². The van der Waals surface area contributed by atoms with Gasteiger partial charge < -0.3 is 9.64 Å². The van der Waals surface area contributed by atoms with Crippen LogP contribution >= 0.6 is 0 Å². The van der Waals surface area contributed by atoms with Gasteiger partial charge in [-0.05, 0) is 44.2 Å². The number of carbonyl (C=O) groups excluding carboxylic acids is 1. The van der Waals surface area contributed by atoms with Crippen LogP contribution in [0.15, 0.2) is 30.3 Å². The van der Waals surface area contributed by atoms with Crippen LogP contribution in [-0.4, -0.2) is 54.6 Å². The number of benzene rings is 1. The van der Waals surface area contributed by atoms with Crippen LogP contribution in [0.1, 0.15) is 44.6 Å². The molecule has 3 rings (SSSR count). The Morgan fingerprint density at radius 2 is 1.96 bits per heavy atom. The highest BCUT2D eigenvalue weighted by Crippen LogP contribution is 2.24. The predicted octanol–water partition coefficient (Wildman–Crippen LogP) is 3.32. The van der Waals surface area contributed by atoms with E-state index in [0.717, 1.165) is 65.1 Å². The maximum atomic E-state index is 13.1. The first kappa shape index (κ1) is 18.4. The average Bonchev–Trinajstić information content (AvgIpc) is 2.67. The number of hydrogen-bond acceptors (Lipinski definition) is 3. The van der Waals surface area contributed by atoms with Crippen molar-refractivity contribution in [2.45, 2.75) is 51.6 Å². The molecule has 0 aliphatic carbocycles. The van der Waals surface area contributed by atoms with Crippen LogP contribution in [0.4, 0.5) is 0 Å². The van der Waals surface area contributed by atoms with Crippen molar-refractivity contribution >= 4 is 5.91 Å². The minimum absolute atomic E-state index is 0.171. The number of ether oxygens (including phenoxy) is 1. The van der Waals surface area contributed by atoms with Crippen molar-refractivity contribution in [3.8, 4) is 0 Å². The first-order valence-electron chi connectivity index (χ1n) is 9.92. The minimum Gasteiger partial charge on any atom is -0.381 e. The summed E-state index contributed by atoms with van der Waals surface area (Å²) in [4.78, 5) is 17.8. The van der Waals surface area contributed by atoms with Gasteiger partial charge in [-0.25, -0.2) is 0 Å². The van der Waals surface area contributed by atoms with Crippen molar-refractivity contribution in [1.29, 1.82) is 0 Å². The number of rotatable bonds is 6. The zero-order valence-corrected chi connectivity index (χ0v) is 15.5. The lowest BCUT2D eigenvalue weighted by molar-refractivity contribution is -0.142. The van der Waals surface area contributed by atoms with Crippen LogP contribution in [0.3, 0.4) is 0 Å². The molecule has 1 aromatic rings. The molecule has 1 amide bonds. The maximum absolute atomic E-state index is 13.1. The summed E-state index contributed by atoms with van der Waals surface area (Å²) >= 11 is 0. The summed E-state index contributed by atoms with van der Waals surface area (Å²) in [7, 11) is 0. The van der Waals surface area contributed by atoms with E-state index in [2.05, 4.69) is 47.1 Å². The quantitative estimate of drug-likeness (QED) is 0.794. The molecule has 0 spiro atoms. The van der Waals surface area contributed by atoms with Gasteiger partial charge in [0.05, 0.1) is 0 Å². The Kier molecular flexibility index (Phi) is 6.88. The van der Waals surface area contributed by atoms with Gasteiger partial charge in [0.15, 0.2) is 0 Å². The molecule has 1 atom stereocenters. The van der Waals surface area contributed by atoms with Crippen LogP contribution < -0.4 is 0 Å². The summed E-state index contributed by atoms with van der Waals surface area (Å²) in [5.74, 6) is 0.543. The second-order valence-corrected chi connectivity index (χ2v) is 7.44. The minimum atomic E-state index is 0.171. The fourth-order valence-electron chi connectivity index (χ4n) is 4.16. The summed E-state index contributed by atoms with van der Waals surface area (Å²) in [6.45, 7) is 7.67. The van der Waals surface area contributed by atoms with E-state index in [9.17, 15) is 4.79 Å². The fraction of sp³-hybridized carbons (Fsp3) is 0.667. The van der Waals surface area contributed by atoms with Gasteiger partial charge in [0.25, 0.3) is 0 Å². The molecule has 2 heterocycles. The van der Waals surface area contributed by atoms with E-state index in [-0.39, 0.29) is 5.92 Å². The van der Waals surface area contributed by atoms with Crippen LogP contribution in [0.25, 0.3) is 0 Å². The Hall–Kier alpha value is -1.39. The first-order valence-corrected chi connectivity index (χ1v) is 9.92. The number of amides is 1. The first-order chi connectivity index (χ1) is 12.3. The van der Waals surface area contributed by atoms with E-state index in [4.69, 9.17) is 4.74 Å². The maximum Gasteiger partial charge on any atom is 0.226 e. The molecule has 2 fully saturated rings. The summed E-state index contributed by atoms with van der Waals surface area (Å²) in [5.41, 5.74) is 1.36. The fourth-order valence-corrected chi connectivity index (χ4v) is 4.16. The van der Waals surface area contributed by atoms with Gasteiger partial charge in [-0.2, -0.15) is 0 Å². The molecule has 0 bridgehead atoms. The lowest BCUT2D eigenvalue weighted by atomic mass is 9.95. The summed E-state index contributed by atoms with van der Waals surface area (Å²) < 4.78 is 5.44. The Bertz CT molecular complexity index is 528. The monoisotopic (exact) mass is 344 g/mol. The normalized spacial score (nSPS) is 22.7. The number of piperidine rings is 1. The molecular formula is C21H32N2O2. The largest absolute Gasteiger partial charge is 0.381 e. The van der Waals surface area contributed by atoms with Crippen molar-refractivity contribution in [2.24, 2.45) is 5.92 Å². The Morgan fingerprint density at radius 1 is 1.20 bits per heavy atom. The van der Waals surface area contributed by atoms with Gasteiger partial charge in [0, 0.05) is 44.8 Å². The summed E-state index contributed by atoms with van der Waals surface area (Å²) in [6.07, 6.45) is 5.13. The SMILES string of the molecule is CCCN(C(=O)C1CCOCC1)C1CCCN(Cc2ccccc2)C1. The van der Waals surface area contributed by atoms with E-state index in [1.54, 1.807) is 0 Å². The molecule has 2 saturated heterocycles. The van der Waals surface area contributed by atoms with E-state index in [0.29, 0.717) is 11.9 Å². The lowest BCUT2D eigenvalue weighted by Crippen LogP contribution is -2.52. The third-order valence-electron chi connectivity index (χ3n) is 5.49. The van der Waals surface area contributed by atoms with Crippen LogP contribution in [0.5, 0.6) is 0 Å². The Morgan fingerprint density at radius 3 is 2.68 bits per heavy atom. The molecule has 0 radical (unpaired) electrons. The highest BCUT2D eigenvalue weighted by Gasteiger charge is 2.32. The molecule has 0 N–H and O–H groups in total. The molecular weight excluding hydrogens is 312 g/mol. The van der Waals surface area contributed by atoms with Crippen molar-refractivity contribution in [2.75, 3.05) is 32.8 Å². The summed E-state index contributed by atoms with van der Waals surface area (Å²) in [6, 6.07) is 11.0. The van der Waals surface area contributed by atoms with Gasteiger partial charge in [-0.3, -0.25) is 9.69 Å². The Balaban J connectivity index is 1.62. The van der Waals surface area contributed by atoms with Crippen molar-refractivity contribution < 1.29 is 9.53 Å². The van der Waals surface area contributed by atoms with Crippen molar-refractivity contribution in [3.63, 3.8) is 0 Å². The van der Waals surface area contributed by atoms with Gasteiger partial charge in [0.2, 0.25) is 5.91 Å². The molecule has 4 heteroatoms. The van der Waals surface area contributed by atoms with E-state index in [1.807, 2.05) is 0 Å². The molecule has 0 aromatic heterocycles. The molecule has 0 saturated carbocycles. The van der Waals surface area contributed by atoms with Crippen LogP contribution in [-0.2, 0) is 16.1 Å². The topological polar surface area (TPSA) is 32.8 Å². The van der Waals surface area contributed by atoms with E-state index < -0.39 is 0 Å². The zero-order chi connectivity index (χ0) is 17.5. The third kappa shape index (κ3) is 5.05. The summed E-state index contributed by atoms with van der Waals surface area (Å²) in [5, 5.41) is 0. The molecule has 1 unspecified atom stereocenters. The number of carbonyl (C=O) groups is 1. The molecule has 138 valence electrons. The van der Waals surface area contributed by atoms with Gasteiger partial charge in [-0.1, -0.05) is 37.3 Å². The standard InChI is InChI=1S/C21H32N2O2/c1-2-12-23(21(24)19-10-14-25-15-11-19)20-9-6-13-22(17-20)16-18-7-4-3-5-8-18/h3-5,7-8,19-20H,2,6,9-17H2,1H3. The molecule has 2 aliphatic heterocycles. The van der Waals surface area contributed by atoms with E-state index >= 15 is 0 Å². The van der Waals surface area contributed by atoms with Crippen molar-refractivity contribution in [1.82, 2.24) is 9.80 Å². The van der Waals surface area contributed by atoms with Crippen LogP contribution in [0, 0.1) is 5.92 Å². The van der Waals surface area contributed by atoms with Crippen molar-refractivity contribution in [3.05, 3.63) is 35.9 Å². The molecule has 2 aliphatic rings. The molecule has 1 aromatic carbocycles. The number of hydrogen-bond donors (Lipinski definition) is 0. The second-order valence-electron chi connectivity index (χ2n) is 7.44. The molecule has 4 nitrogen and oxygen atoms in total. The predicted molar refractivity (Wildman–Crippen MR) is 100 cm³/mol.